The van der Waals surface area contributed by atoms with E-state index in [-0.39, 0.29) is 23.7 Å². The van der Waals surface area contributed by atoms with Crippen LogP contribution < -0.4 is 5.32 Å². The van der Waals surface area contributed by atoms with Crippen molar-refractivity contribution in [3.8, 4) is 0 Å². The molecular weight excluding hydrogens is 665 g/mol. The first-order chi connectivity index (χ1) is 26.3. The van der Waals surface area contributed by atoms with Crippen LogP contribution in [0.2, 0.25) is 0 Å². The highest BCUT2D eigenvalue weighted by atomic mass is 16.3. The van der Waals surface area contributed by atoms with E-state index in [9.17, 15) is 15.0 Å². The molecule has 5 heteroatoms. The Morgan fingerprint density at radius 2 is 1.17 bits per heavy atom. The van der Waals surface area contributed by atoms with E-state index in [0.29, 0.717) is 12.3 Å². The Labute approximate surface area is 322 Å². The lowest BCUT2D eigenvalue weighted by atomic mass is 9.70. The molecule has 5 aromatic rings. The zero-order chi connectivity index (χ0) is 37.5. The number of likely N-dealkylation sites (tertiary alicyclic amines) is 1. The van der Waals surface area contributed by atoms with Crippen LogP contribution in [-0.2, 0) is 11.2 Å². The van der Waals surface area contributed by atoms with E-state index in [2.05, 4.69) is 72.6 Å². The molecule has 0 spiro atoms. The number of Topliss-reactive ketones (excluding diaryl/α,β-unsaturated/α-hetero) is 1. The third kappa shape index (κ3) is 8.01. The minimum Gasteiger partial charge on any atom is -0.380 e. The Bertz CT molecular complexity index is 1880. The summed E-state index contributed by atoms with van der Waals surface area (Å²) in [5, 5.41) is 29.1. The van der Waals surface area contributed by atoms with Gasteiger partial charge in [0.15, 0.2) is 5.78 Å². The van der Waals surface area contributed by atoms with Crippen molar-refractivity contribution in [2.45, 2.75) is 75.5 Å². The number of carbonyl (C=O) groups excluding carboxylic acids is 1. The Hall–Kier alpha value is -4.39. The lowest BCUT2D eigenvalue weighted by molar-refractivity contribution is -0.0143. The standard InChI is InChI=1S/C49H56N2O3/c1-36(2)37-20-22-39(23-21-37)47(52)19-12-32-51-33-29-44(30-34-51)48(53,40-13-6-3-7-14-40)43-26-24-38(25-27-43)46-35-45(28-31-50-46)49(54,41-15-8-4-9-16-41)42-17-10-5-11-18-42/h3-11,13-18,20-27,36,44-46,50,53-54H,12,19,28-35H2,1-2H3. The van der Waals surface area contributed by atoms with Crippen molar-refractivity contribution in [1.29, 1.82) is 0 Å². The van der Waals surface area contributed by atoms with Crippen molar-refractivity contribution in [3.63, 3.8) is 0 Å². The van der Waals surface area contributed by atoms with Crippen molar-refractivity contribution in [1.82, 2.24) is 10.2 Å². The lowest BCUT2D eigenvalue weighted by Crippen LogP contribution is -2.44. The maximum atomic E-state index is 12.9. The zero-order valence-corrected chi connectivity index (χ0v) is 31.9. The van der Waals surface area contributed by atoms with Crippen LogP contribution in [0.1, 0.15) is 108 Å². The van der Waals surface area contributed by atoms with Gasteiger partial charge in [-0.15, -0.1) is 0 Å². The van der Waals surface area contributed by atoms with Gasteiger partial charge in [0.2, 0.25) is 0 Å². The van der Waals surface area contributed by atoms with E-state index < -0.39 is 11.2 Å². The molecule has 0 aromatic heterocycles. The number of hydrogen-bond acceptors (Lipinski definition) is 5. The van der Waals surface area contributed by atoms with Gasteiger partial charge in [0.25, 0.3) is 0 Å². The minimum absolute atomic E-state index is 0.0223. The van der Waals surface area contributed by atoms with Crippen molar-refractivity contribution in [2.24, 2.45) is 11.8 Å². The maximum Gasteiger partial charge on any atom is 0.162 e. The highest BCUT2D eigenvalue weighted by Gasteiger charge is 2.44. The SMILES string of the molecule is CC(C)c1ccc(C(=O)CCCN2CCC(C(O)(c3ccccc3)c3ccc(C4CC(C(O)(c5ccccc5)c5ccccc5)CCN4)cc3)CC2)cc1. The van der Waals surface area contributed by atoms with E-state index >= 15 is 0 Å². The molecule has 0 saturated carbocycles. The molecule has 54 heavy (non-hydrogen) atoms. The Morgan fingerprint density at radius 1 is 0.667 bits per heavy atom. The fourth-order valence-corrected chi connectivity index (χ4v) is 9.11. The summed E-state index contributed by atoms with van der Waals surface area (Å²) in [6.45, 7) is 7.83. The van der Waals surface area contributed by atoms with Crippen LogP contribution in [0.25, 0.3) is 0 Å². The fourth-order valence-electron chi connectivity index (χ4n) is 9.11. The van der Waals surface area contributed by atoms with Crippen LogP contribution in [0.5, 0.6) is 0 Å². The van der Waals surface area contributed by atoms with Gasteiger partial charge in [0.05, 0.1) is 0 Å². The largest absolute Gasteiger partial charge is 0.380 e. The second-order valence-corrected chi connectivity index (χ2v) is 15.9. The molecule has 5 nitrogen and oxygen atoms in total. The number of ketones is 1. The summed E-state index contributed by atoms with van der Waals surface area (Å²) in [7, 11) is 0. The smallest absolute Gasteiger partial charge is 0.162 e. The van der Waals surface area contributed by atoms with Gasteiger partial charge in [-0.05, 0) is 109 Å². The first-order valence-electron chi connectivity index (χ1n) is 20.1. The van der Waals surface area contributed by atoms with Gasteiger partial charge in [-0.1, -0.05) is 153 Å². The molecule has 3 unspecified atom stereocenters. The molecule has 3 atom stereocenters. The molecule has 2 aliphatic heterocycles. The molecule has 280 valence electrons. The summed E-state index contributed by atoms with van der Waals surface area (Å²) in [4.78, 5) is 15.4. The average molecular weight is 721 g/mol. The van der Waals surface area contributed by atoms with Crippen LogP contribution in [-0.4, -0.2) is 47.1 Å². The molecule has 0 radical (unpaired) electrons. The molecule has 0 aliphatic carbocycles. The summed E-state index contributed by atoms with van der Waals surface area (Å²) < 4.78 is 0. The molecule has 5 aromatic carbocycles. The molecule has 7 rings (SSSR count). The second-order valence-electron chi connectivity index (χ2n) is 15.9. The van der Waals surface area contributed by atoms with E-state index in [1.165, 1.54) is 11.1 Å². The molecule has 0 amide bonds. The fraction of sp³-hybridized carbons (Fsp3) is 0.367. The average Bonchev–Trinajstić information content (AvgIpc) is 3.24. The van der Waals surface area contributed by atoms with Crippen LogP contribution in [0.15, 0.2) is 140 Å². The number of rotatable bonds is 13. The zero-order valence-electron chi connectivity index (χ0n) is 31.9. The quantitative estimate of drug-likeness (QED) is 0.106. The van der Waals surface area contributed by atoms with Crippen LogP contribution in [0.3, 0.4) is 0 Å². The first kappa shape index (κ1) is 37.9. The molecule has 0 bridgehead atoms. The van der Waals surface area contributed by atoms with Gasteiger partial charge in [-0.2, -0.15) is 0 Å². The summed E-state index contributed by atoms with van der Waals surface area (Å²) in [5.74, 6) is 0.753. The Kier molecular flexibility index (Phi) is 11.9. The molecule has 2 heterocycles. The number of hydrogen-bond donors (Lipinski definition) is 3. The third-order valence-corrected chi connectivity index (χ3v) is 12.3. The monoisotopic (exact) mass is 720 g/mol. The summed E-state index contributed by atoms with van der Waals surface area (Å²) in [6, 6.07) is 47.1. The third-order valence-electron chi connectivity index (χ3n) is 12.3. The van der Waals surface area contributed by atoms with E-state index in [0.717, 1.165) is 86.1 Å². The van der Waals surface area contributed by atoms with Gasteiger partial charge in [-0.3, -0.25) is 4.79 Å². The minimum atomic E-state index is -1.12. The molecule has 2 fully saturated rings. The molecule has 2 aliphatic rings. The van der Waals surface area contributed by atoms with Gasteiger partial charge >= 0.3 is 0 Å². The van der Waals surface area contributed by atoms with Crippen LogP contribution >= 0.6 is 0 Å². The maximum absolute atomic E-state index is 12.9. The molecule has 2 saturated heterocycles. The normalized spacial score (nSPS) is 19.7. The Balaban J connectivity index is 1.03. The van der Waals surface area contributed by atoms with Crippen LogP contribution in [0.4, 0.5) is 0 Å². The van der Waals surface area contributed by atoms with E-state index in [1.807, 2.05) is 91.0 Å². The number of aliphatic hydroxyl groups is 2. The first-order valence-corrected chi connectivity index (χ1v) is 20.1. The number of nitrogens with zero attached hydrogens (tertiary/aromatic N) is 1. The predicted octanol–water partition coefficient (Wildman–Crippen LogP) is 9.40. The van der Waals surface area contributed by atoms with Crippen molar-refractivity contribution in [3.05, 3.63) is 178 Å². The van der Waals surface area contributed by atoms with Crippen molar-refractivity contribution >= 4 is 5.78 Å². The number of nitrogens with one attached hydrogen (secondary N) is 1. The number of carbonyl (C=O) groups is 1. The number of piperidine rings is 2. The van der Waals surface area contributed by atoms with Gasteiger partial charge in [-0.25, -0.2) is 0 Å². The number of benzene rings is 5. The van der Waals surface area contributed by atoms with Gasteiger partial charge in [0.1, 0.15) is 11.2 Å². The summed E-state index contributed by atoms with van der Waals surface area (Å²) in [5.41, 5.74) is 4.72. The molecule has 3 N–H and O–H groups in total. The summed E-state index contributed by atoms with van der Waals surface area (Å²) >= 11 is 0. The van der Waals surface area contributed by atoms with Crippen molar-refractivity contribution in [2.75, 3.05) is 26.2 Å². The van der Waals surface area contributed by atoms with Gasteiger partial charge in [0, 0.05) is 18.0 Å². The Morgan fingerprint density at radius 3 is 1.69 bits per heavy atom. The highest BCUT2D eigenvalue weighted by Crippen LogP contribution is 2.46. The summed E-state index contributed by atoms with van der Waals surface area (Å²) in [6.07, 6.45) is 4.79. The van der Waals surface area contributed by atoms with Crippen molar-refractivity contribution < 1.29 is 15.0 Å². The van der Waals surface area contributed by atoms with Gasteiger partial charge < -0.3 is 20.4 Å². The van der Waals surface area contributed by atoms with E-state index in [4.69, 9.17) is 0 Å². The molecular formula is C49H56N2O3. The highest BCUT2D eigenvalue weighted by molar-refractivity contribution is 5.96. The topological polar surface area (TPSA) is 72.8 Å². The predicted molar refractivity (Wildman–Crippen MR) is 218 cm³/mol. The van der Waals surface area contributed by atoms with Crippen LogP contribution in [0, 0.1) is 11.8 Å². The lowest BCUT2D eigenvalue weighted by Gasteiger charge is -2.43. The second kappa shape index (κ2) is 17.0. The van der Waals surface area contributed by atoms with E-state index in [1.54, 1.807) is 0 Å².